The molecule has 0 saturated heterocycles. The van der Waals surface area contributed by atoms with E-state index >= 15 is 0 Å². The molecule has 7 nitrogen and oxygen atoms in total. The summed E-state index contributed by atoms with van der Waals surface area (Å²) in [6.45, 7) is 4.40. The first-order valence-corrected chi connectivity index (χ1v) is 18.1. The van der Waals surface area contributed by atoms with E-state index in [-0.39, 0.29) is 25.7 Å². The monoisotopic (exact) mass is 620 g/mol. The number of rotatable bonds is 29. The van der Waals surface area contributed by atoms with Crippen molar-refractivity contribution in [2.75, 3.05) is 0 Å². The Hall–Kier alpha value is -1.70. The first kappa shape index (κ1) is 40.3. The van der Waals surface area contributed by atoms with Crippen LogP contribution in [0.1, 0.15) is 181 Å². The smallest absolute Gasteiger partial charge is 0.220 e. The summed E-state index contributed by atoms with van der Waals surface area (Å²) >= 11 is 0. The van der Waals surface area contributed by atoms with E-state index in [1.807, 2.05) is 0 Å². The average molecular weight is 621 g/mol. The van der Waals surface area contributed by atoms with Gasteiger partial charge in [-0.25, -0.2) is 0 Å². The van der Waals surface area contributed by atoms with Crippen molar-refractivity contribution in [3.05, 3.63) is 12.2 Å². The van der Waals surface area contributed by atoms with Gasteiger partial charge in [-0.15, -0.1) is 0 Å². The molecule has 1 aliphatic rings. The van der Waals surface area contributed by atoms with Gasteiger partial charge in [-0.2, -0.15) is 0 Å². The van der Waals surface area contributed by atoms with Gasteiger partial charge in [0.2, 0.25) is 5.60 Å². The van der Waals surface area contributed by atoms with E-state index in [1.54, 1.807) is 0 Å². The number of aliphatic hydroxyl groups is 3. The lowest BCUT2D eigenvalue weighted by Gasteiger charge is -2.40. The van der Waals surface area contributed by atoms with Crippen LogP contribution in [0.25, 0.3) is 0 Å². The number of aliphatic hydroxyl groups excluding tert-OH is 1. The normalized spacial score (nSPS) is 16.9. The van der Waals surface area contributed by atoms with E-state index in [4.69, 9.17) is 0 Å². The van der Waals surface area contributed by atoms with E-state index in [1.165, 1.54) is 64.2 Å². The van der Waals surface area contributed by atoms with Crippen molar-refractivity contribution in [3.63, 3.8) is 0 Å². The molecule has 2 unspecified atom stereocenters. The Morgan fingerprint density at radius 3 is 1.52 bits per heavy atom. The van der Waals surface area contributed by atoms with Crippen molar-refractivity contribution in [3.8, 4) is 0 Å². The van der Waals surface area contributed by atoms with Crippen molar-refractivity contribution in [1.82, 2.24) is 0 Å². The van der Waals surface area contributed by atoms with Gasteiger partial charge in [0.1, 0.15) is 0 Å². The zero-order valence-corrected chi connectivity index (χ0v) is 28.1. The Morgan fingerprint density at radius 1 is 0.659 bits per heavy atom. The number of hydrogen-bond acceptors (Lipinski definition) is 7. The van der Waals surface area contributed by atoms with Crippen LogP contribution in [0.15, 0.2) is 12.2 Å². The van der Waals surface area contributed by atoms with Gasteiger partial charge in [0.25, 0.3) is 0 Å². The fourth-order valence-corrected chi connectivity index (χ4v) is 6.23. The summed E-state index contributed by atoms with van der Waals surface area (Å²) in [5.41, 5.74) is -6.24. The molecule has 0 radical (unpaired) electrons. The molecule has 1 rings (SSSR count). The quantitative estimate of drug-likeness (QED) is 0.0441. The first-order valence-electron chi connectivity index (χ1n) is 18.1. The zero-order valence-electron chi connectivity index (χ0n) is 28.1. The molecule has 1 aliphatic carbocycles. The summed E-state index contributed by atoms with van der Waals surface area (Å²) in [4.78, 5) is 51.5. The standard InChI is InChI=1S/C37H64O7/c1-3-5-7-9-11-13-15-16-18-19-21-23-25-27-31(38)35(42)37(44,36(43)33(40)29-30-34(36)41)32(39)28-26-24-22-20-17-14-12-10-8-6-4-2/h10,12,35,42-44H,3-9,11,13-30H2,1-2H3/b12-10-. The van der Waals surface area contributed by atoms with Crippen molar-refractivity contribution in [1.29, 1.82) is 0 Å². The van der Waals surface area contributed by atoms with Gasteiger partial charge >= 0.3 is 0 Å². The molecule has 0 heterocycles. The summed E-state index contributed by atoms with van der Waals surface area (Å²) in [7, 11) is 0. The Bertz CT molecular complexity index is 848. The highest BCUT2D eigenvalue weighted by molar-refractivity contribution is 6.21. The number of unbranched alkanes of at least 4 members (excludes halogenated alkanes) is 19. The van der Waals surface area contributed by atoms with E-state index < -0.39 is 40.4 Å². The maximum absolute atomic E-state index is 13.3. The fraction of sp³-hybridized carbons (Fsp3) is 0.838. The molecule has 3 N–H and O–H groups in total. The molecule has 2 atom stereocenters. The predicted molar refractivity (Wildman–Crippen MR) is 176 cm³/mol. The van der Waals surface area contributed by atoms with Crippen LogP contribution >= 0.6 is 0 Å². The Morgan fingerprint density at radius 2 is 1.05 bits per heavy atom. The Labute approximate surface area is 267 Å². The molecule has 0 aromatic rings. The molecule has 0 aromatic carbocycles. The molecule has 0 bridgehead atoms. The van der Waals surface area contributed by atoms with E-state index in [9.17, 15) is 34.5 Å². The number of ketones is 4. The summed E-state index contributed by atoms with van der Waals surface area (Å²) in [5.74, 6) is -3.87. The molecule has 0 aromatic heterocycles. The fourth-order valence-electron chi connectivity index (χ4n) is 6.23. The van der Waals surface area contributed by atoms with E-state index in [0.29, 0.717) is 19.3 Å². The number of carbonyl (C=O) groups is 4. The second-order valence-corrected chi connectivity index (χ2v) is 13.0. The van der Waals surface area contributed by atoms with Crippen LogP contribution in [0.5, 0.6) is 0 Å². The van der Waals surface area contributed by atoms with Crippen LogP contribution in [0.4, 0.5) is 0 Å². The van der Waals surface area contributed by atoms with Gasteiger partial charge in [0.05, 0.1) is 0 Å². The maximum Gasteiger partial charge on any atom is 0.220 e. The molecule has 1 saturated carbocycles. The largest absolute Gasteiger partial charge is 0.382 e. The van der Waals surface area contributed by atoms with E-state index in [2.05, 4.69) is 26.0 Å². The minimum absolute atomic E-state index is 0.0974. The van der Waals surface area contributed by atoms with Gasteiger partial charge in [-0.1, -0.05) is 135 Å². The average Bonchev–Trinajstić information content (AvgIpc) is 3.29. The van der Waals surface area contributed by atoms with Gasteiger partial charge in [-0.05, 0) is 32.1 Å². The lowest BCUT2D eigenvalue weighted by Crippen LogP contribution is -2.72. The highest BCUT2D eigenvalue weighted by Crippen LogP contribution is 2.38. The van der Waals surface area contributed by atoms with Gasteiger partial charge < -0.3 is 15.3 Å². The molecule has 254 valence electrons. The molecular formula is C37H64O7. The number of allylic oxidation sites excluding steroid dienone is 2. The number of Topliss-reactive ketones (excluding diaryl/α,β-unsaturated/α-hetero) is 4. The topological polar surface area (TPSA) is 129 Å². The summed E-state index contributed by atoms with van der Waals surface area (Å²) in [5, 5.41) is 33.5. The highest BCUT2D eigenvalue weighted by atomic mass is 16.4. The van der Waals surface area contributed by atoms with Crippen molar-refractivity contribution in [2.24, 2.45) is 0 Å². The molecule has 0 spiro atoms. The summed E-state index contributed by atoms with van der Waals surface area (Å²) < 4.78 is 0. The maximum atomic E-state index is 13.3. The molecule has 1 fully saturated rings. The molecule has 0 aliphatic heterocycles. The van der Waals surface area contributed by atoms with Gasteiger partial charge in [0.15, 0.2) is 34.8 Å². The van der Waals surface area contributed by atoms with Crippen LogP contribution in [0.3, 0.4) is 0 Å². The van der Waals surface area contributed by atoms with Crippen LogP contribution in [0, 0.1) is 0 Å². The Balaban J connectivity index is 2.51. The van der Waals surface area contributed by atoms with Crippen LogP contribution in [0.2, 0.25) is 0 Å². The summed E-state index contributed by atoms with van der Waals surface area (Å²) in [6.07, 6.45) is 24.2. The van der Waals surface area contributed by atoms with Gasteiger partial charge in [0, 0.05) is 25.7 Å². The molecule has 7 heteroatoms. The third-order valence-electron chi connectivity index (χ3n) is 9.26. The molecule has 0 amide bonds. The van der Waals surface area contributed by atoms with Crippen LogP contribution in [-0.4, -0.2) is 55.8 Å². The van der Waals surface area contributed by atoms with Crippen molar-refractivity contribution in [2.45, 2.75) is 198 Å². The lowest BCUT2D eigenvalue weighted by atomic mass is 9.70. The number of hydrogen-bond donors (Lipinski definition) is 3. The van der Waals surface area contributed by atoms with Crippen molar-refractivity contribution < 1.29 is 34.5 Å². The predicted octanol–water partition coefficient (Wildman–Crippen LogP) is 7.84. The van der Waals surface area contributed by atoms with Crippen LogP contribution in [-0.2, 0) is 19.2 Å². The SMILES string of the molecule is CCCC/C=C\CCCCCCCC(=O)C(O)(C(O)C(=O)CCCCCCCCCCCCCCC)C1(O)C(=O)CCC1=O. The van der Waals surface area contributed by atoms with Crippen LogP contribution < -0.4 is 0 Å². The Kier molecular flexibility index (Phi) is 21.6. The second-order valence-electron chi connectivity index (χ2n) is 13.0. The number of carbonyl (C=O) groups excluding carboxylic acids is 4. The third kappa shape index (κ3) is 13.3. The summed E-state index contributed by atoms with van der Waals surface area (Å²) in [6, 6.07) is 0. The lowest BCUT2D eigenvalue weighted by molar-refractivity contribution is -0.202. The minimum Gasteiger partial charge on any atom is -0.382 e. The molecular weight excluding hydrogens is 556 g/mol. The second kappa shape index (κ2) is 23.6. The zero-order chi connectivity index (χ0) is 32.7. The highest BCUT2D eigenvalue weighted by Gasteiger charge is 2.69. The van der Waals surface area contributed by atoms with Crippen molar-refractivity contribution >= 4 is 23.1 Å². The first-order chi connectivity index (χ1) is 21.2. The minimum atomic E-state index is -3.16. The molecule has 44 heavy (non-hydrogen) atoms. The van der Waals surface area contributed by atoms with E-state index in [0.717, 1.165) is 57.8 Å². The third-order valence-corrected chi connectivity index (χ3v) is 9.26. The van der Waals surface area contributed by atoms with Gasteiger partial charge in [-0.3, -0.25) is 19.2 Å².